The van der Waals surface area contributed by atoms with Gasteiger partial charge < -0.3 is 10.2 Å². The highest BCUT2D eigenvalue weighted by atomic mass is 32.1. The van der Waals surface area contributed by atoms with Gasteiger partial charge in [-0.1, -0.05) is 42.5 Å². The van der Waals surface area contributed by atoms with Crippen molar-refractivity contribution in [1.82, 2.24) is 20.4 Å². The number of H-pyrrole nitrogens is 1. The Morgan fingerprint density at radius 2 is 1.86 bits per heavy atom. The molecule has 1 aliphatic heterocycles. The number of rotatable bonds is 5. The summed E-state index contributed by atoms with van der Waals surface area (Å²) in [5.41, 5.74) is 4.76. The minimum absolute atomic E-state index is 0.829. The smallest absolute Gasteiger partial charge is 0.110 e. The van der Waals surface area contributed by atoms with Crippen molar-refractivity contribution in [2.24, 2.45) is 5.92 Å². The average Bonchev–Trinajstić information content (AvgIpc) is 3.29. The van der Waals surface area contributed by atoms with E-state index in [2.05, 4.69) is 76.0 Å². The van der Waals surface area contributed by atoms with Crippen molar-refractivity contribution in [1.29, 1.82) is 0 Å². The number of benzene rings is 2. The minimum atomic E-state index is 0.829. The van der Waals surface area contributed by atoms with Gasteiger partial charge in [-0.25, -0.2) is 0 Å². The number of nitrogens with one attached hydrogen (secondary N) is 2. The number of thiophene rings is 1. The molecule has 0 amide bonds. The lowest BCUT2D eigenvalue weighted by Gasteiger charge is -2.27. The number of nitrogens with zero attached hydrogens (tertiary/aromatic N) is 2. The second kappa shape index (κ2) is 7.66. The zero-order valence-corrected chi connectivity index (χ0v) is 17.1. The Labute approximate surface area is 169 Å². The molecule has 5 rings (SSSR count). The first-order valence-electron chi connectivity index (χ1n) is 10.1. The zero-order valence-electron chi connectivity index (χ0n) is 16.2. The van der Waals surface area contributed by atoms with Crippen molar-refractivity contribution in [2.45, 2.75) is 19.4 Å². The van der Waals surface area contributed by atoms with Crippen molar-refractivity contribution in [2.75, 3.05) is 26.7 Å². The van der Waals surface area contributed by atoms with Crippen LogP contribution in [0.5, 0.6) is 0 Å². The molecule has 2 aromatic carbocycles. The highest BCUT2D eigenvalue weighted by molar-refractivity contribution is 7.26. The summed E-state index contributed by atoms with van der Waals surface area (Å²) in [6.07, 6.45) is 2.60. The van der Waals surface area contributed by atoms with Gasteiger partial charge in [0.15, 0.2) is 0 Å². The highest BCUT2D eigenvalue weighted by Gasteiger charge is 2.16. The van der Waals surface area contributed by atoms with E-state index in [1.807, 2.05) is 11.3 Å². The summed E-state index contributed by atoms with van der Waals surface area (Å²) in [5.74, 6) is 0.829. The zero-order chi connectivity index (χ0) is 18.9. The highest BCUT2D eigenvalue weighted by Crippen LogP contribution is 2.38. The van der Waals surface area contributed by atoms with Gasteiger partial charge >= 0.3 is 0 Å². The van der Waals surface area contributed by atoms with Gasteiger partial charge in [-0.2, -0.15) is 5.10 Å². The molecular weight excluding hydrogens is 364 g/mol. The Balaban J connectivity index is 1.33. The molecule has 0 bridgehead atoms. The summed E-state index contributed by atoms with van der Waals surface area (Å²) >= 11 is 1.82. The Hall–Kier alpha value is -2.21. The first-order chi connectivity index (χ1) is 13.8. The van der Waals surface area contributed by atoms with Crippen molar-refractivity contribution in [3.8, 4) is 11.3 Å². The van der Waals surface area contributed by atoms with Crippen LogP contribution in [0.1, 0.15) is 18.4 Å². The van der Waals surface area contributed by atoms with Crippen LogP contribution in [0.2, 0.25) is 0 Å². The van der Waals surface area contributed by atoms with E-state index in [-0.39, 0.29) is 0 Å². The fourth-order valence-corrected chi connectivity index (χ4v) is 5.50. The van der Waals surface area contributed by atoms with Crippen LogP contribution in [0.3, 0.4) is 0 Å². The van der Waals surface area contributed by atoms with E-state index in [1.165, 1.54) is 58.4 Å². The molecule has 0 unspecified atom stereocenters. The van der Waals surface area contributed by atoms with Crippen LogP contribution < -0.4 is 5.32 Å². The molecule has 0 radical (unpaired) electrons. The molecule has 0 atom stereocenters. The largest absolute Gasteiger partial charge is 0.317 e. The topological polar surface area (TPSA) is 44.0 Å². The molecule has 1 aliphatic rings. The fourth-order valence-electron chi connectivity index (χ4n) is 4.33. The Morgan fingerprint density at radius 3 is 2.68 bits per heavy atom. The second-order valence-electron chi connectivity index (χ2n) is 7.96. The predicted octanol–water partition coefficient (Wildman–Crippen LogP) is 4.88. The van der Waals surface area contributed by atoms with E-state index in [4.69, 9.17) is 0 Å². The summed E-state index contributed by atoms with van der Waals surface area (Å²) < 4.78 is 2.56. The molecule has 4 aromatic rings. The van der Waals surface area contributed by atoms with E-state index in [0.29, 0.717) is 0 Å². The van der Waals surface area contributed by atoms with Gasteiger partial charge in [0, 0.05) is 28.7 Å². The lowest BCUT2D eigenvalue weighted by atomic mass is 9.97. The summed E-state index contributed by atoms with van der Waals surface area (Å²) in [7, 11) is 2.24. The maximum absolute atomic E-state index is 4.61. The lowest BCUT2D eigenvalue weighted by Crippen LogP contribution is -2.34. The maximum Gasteiger partial charge on any atom is 0.110 e. The number of aromatic amines is 1. The third-order valence-corrected chi connectivity index (χ3v) is 6.98. The van der Waals surface area contributed by atoms with Gasteiger partial charge in [0.1, 0.15) is 5.69 Å². The molecule has 144 valence electrons. The molecule has 28 heavy (non-hydrogen) atoms. The average molecular weight is 391 g/mol. The van der Waals surface area contributed by atoms with Crippen LogP contribution in [0.4, 0.5) is 0 Å². The monoisotopic (exact) mass is 390 g/mol. The van der Waals surface area contributed by atoms with Gasteiger partial charge in [0.05, 0.1) is 10.2 Å². The van der Waals surface area contributed by atoms with Gasteiger partial charge in [-0.05, 0) is 50.5 Å². The van der Waals surface area contributed by atoms with Crippen LogP contribution >= 0.6 is 11.3 Å². The van der Waals surface area contributed by atoms with E-state index < -0.39 is 0 Å². The standard InChI is InChI=1S/C23H26N4S/c1-27(15-17-10-12-24-13-11-17)14-16-6-8-18(9-7-16)21-23-22(26-25-21)19-4-2-3-5-20(19)28-23/h2-9,17,24H,10-15H2,1H3,(H,25,26). The Morgan fingerprint density at radius 1 is 1.07 bits per heavy atom. The Bertz CT molecular complexity index is 1070. The van der Waals surface area contributed by atoms with Crippen LogP contribution in [0.25, 0.3) is 31.6 Å². The van der Waals surface area contributed by atoms with Gasteiger partial charge in [-0.15, -0.1) is 11.3 Å². The molecular formula is C23H26N4S. The van der Waals surface area contributed by atoms with Crippen molar-refractivity contribution in [3.63, 3.8) is 0 Å². The van der Waals surface area contributed by atoms with Gasteiger partial charge in [0.25, 0.3) is 0 Å². The van der Waals surface area contributed by atoms with Gasteiger partial charge in [-0.3, -0.25) is 5.10 Å². The molecule has 4 nitrogen and oxygen atoms in total. The minimum Gasteiger partial charge on any atom is -0.317 e. The van der Waals surface area contributed by atoms with Crippen LogP contribution in [0, 0.1) is 5.92 Å². The second-order valence-corrected chi connectivity index (χ2v) is 9.01. The summed E-state index contributed by atoms with van der Waals surface area (Å²) in [4.78, 5) is 2.46. The summed E-state index contributed by atoms with van der Waals surface area (Å²) in [6, 6.07) is 17.5. The first kappa shape index (κ1) is 17.9. The normalized spacial score (nSPS) is 15.8. The van der Waals surface area contributed by atoms with E-state index >= 15 is 0 Å². The molecule has 0 saturated carbocycles. The van der Waals surface area contributed by atoms with Crippen molar-refractivity contribution >= 4 is 31.6 Å². The van der Waals surface area contributed by atoms with E-state index in [9.17, 15) is 0 Å². The van der Waals surface area contributed by atoms with Crippen molar-refractivity contribution in [3.05, 3.63) is 54.1 Å². The van der Waals surface area contributed by atoms with Gasteiger partial charge in [0.2, 0.25) is 0 Å². The predicted molar refractivity (Wildman–Crippen MR) is 119 cm³/mol. The quantitative estimate of drug-likeness (QED) is 0.511. The Kier molecular flexibility index (Phi) is 4.89. The van der Waals surface area contributed by atoms with Crippen LogP contribution in [-0.4, -0.2) is 41.8 Å². The van der Waals surface area contributed by atoms with E-state index in [0.717, 1.165) is 23.7 Å². The number of fused-ring (bicyclic) bond motifs is 3. The molecule has 0 spiro atoms. The number of piperidine rings is 1. The maximum atomic E-state index is 4.61. The molecule has 0 aliphatic carbocycles. The molecule has 1 fully saturated rings. The molecule has 5 heteroatoms. The molecule has 1 saturated heterocycles. The first-order valence-corrected chi connectivity index (χ1v) is 10.9. The fraction of sp³-hybridized carbons (Fsp3) is 0.348. The molecule has 2 aromatic heterocycles. The van der Waals surface area contributed by atoms with Crippen LogP contribution in [0.15, 0.2) is 48.5 Å². The van der Waals surface area contributed by atoms with Crippen LogP contribution in [-0.2, 0) is 6.54 Å². The van der Waals surface area contributed by atoms with E-state index in [1.54, 1.807) is 0 Å². The summed E-state index contributed by atoms with van der Waals surface area (Å²) in [6.45, 7) is 4.53. The third-order valence-electron chi connectivity index (χ3n) is 5.80. The lowest BCUT2D eigenvalue weighted by molar-refractivity contribution is 0.234. The van der Waals surface area contributed by atoms with Crippen molar-refractivity contribution < 1.29 is 0 Å². The number of hydrogen-bond donors (Lipinski definition) is 2. The third kappa shape index (κ3) is 3.46. The molecule has 3 heterocycles. The molecule has 2 N–H and O–H groups in total. The summed E-state index contributed by atoms with van der Waals surface area (Å²) in [5, 5.41) is 12.6. The number of aromatic nitrogens is 2. The number of hydrogen-bond acceptors (Lipinski definition) is 4. The SMILES string of the molecule is CN(Cc1ccc(-c2n[nH]c3c2sc2ccccc23)cc1)CC1CCNCC1.